The van der Waals surface area contributed by atoms with Crippen molar-refractivity contribution in [1.82, 2.24) is 35.3 Å². The number of nitriles is 1. The normalized spacial score (nSPS) is 29.7. The van der Waals surface area contributed by atoms with Crippen molar-refractivity contribution in [3.63, 3.8) is 0 Å². The lowest BCUT2D eigenvalue weighted by molar-refractivity contribution is 0.0137. The standard InChI is InChI=1S/C27H31F3N10O2S/c1-25(5-2-4-16-18(25)15(9-31)19(32)43-16)22-35-21(39-42-22)20-36-23(34-17-10-33-12-27(17,29)30)38-24(37-20)41-13-26-6-3-7-40(26)11-14(28)8-26/h14,17,33H,2-8,10-13,32H2,1H3,(H,34,36,37,38)/t14-,17-,25+,26+/m1/s1. The second kappa shape index (κ2) is 10.3. The van der Waals surface area contributed by atoms with Crippen LogP contribution >= 0.6 is 11.3 Å². The van der Waals surface area contributed by atoms with Crippen LogP contribution in [0.15, 0.2) is 4.52 Å². The fraction of sp³-hybridized carbons (Fsp3) is 0.630. The van der Waals surface area contributed by atoms with Crippen molar-refractivity contribution >= 4 is 22.3 Å². The summed E-state index contributed by atoms with van der Waals surface area (Å²) in [6.45, 7) is 2.77. The van der Waals surface area contributed by atoms with E-state index in [0.29, 0.717) is 30.0 Å². The minimum absolute atomic E-state index is 0.0121. The molecule has 3 aromatic rings. The molecule has 0 bridgehead atoms. The van der Waals surface area contributed by atoms with E-state index in [2.05, 4.69) is 46.7 Å². The van der Waals surface area contributed by atoms with Crippen molar-refractivity contribution in [1.29, 1.82) is 5.26 Å². The Kier molecular flexibility index (Phi) is 6.75. The number of fused-ring (bicyclic) bond motifs is 2. The molecule has 4 atom stereocenters. The van der Waals surface area contributed by atoms with Gasteiger partial charge in [-0.25, -0.2) is 13.2 Å². The molecule has 0 radical (unpaired) electrons. The van der Waals surface area contributed by atoms with Crippen LogP contribution in [0.3, 0.4) is 0 Å². The zero-order valence-corrected chi connectivity index (χ0v) is 24.3. The van der Waals surface area contributed by atoms with Crippen molar-refractivity contribution in [2.24, 2.45) is 0 Å². The monoisotopic (exact) mass is 616 g/mol. The number of rotatable bonds is 7. The van der Waals surface area contributed by atoms with Crippen LogP contribution in [0.1, 0.15) is 60.9 Å². The molecule has 6 heterocycles. The summed E-state index contributed by atoms with van der Waals surface area (Å²) in [5, 5.41) is 19.8. The van der Waals surface area contributed by atoms with Gasteiger partial charge < -0.3 is 25.6 Å². The molecule has 0 spiro atoms. The predicted molar refractivity (Wildman–Crippen MR) is 150 cm³/mol. The molecule has 43 heavy (non-hydrogen) atoms. The molecule has 7 rings (SSSR count). The molecule has 3 saturated heterocycles. The minimum atomic E-state index is -3.02. The Morgan fingerprint density at radius 3 is 2.88 bits per heavy atom. The average Bonchev–Trinajstić information content (AvgIpc) is 3.77. The molecule has 0 saturated carbocycles. The van der Waals surface area contributed by atoms with E-state index in [1.165, 1.54) is 11.3 Å². The van der Waals surface area contributed by atoms with Gasteiger partial charge in [0.2, 0.25) is 23.5 Å². The third-order valence-corrected chi connectivity index (χ3v) is 10.3. The van der Waals surface area contributed by atoms with Gasteiger partial charge >= 0.3 is 6.01 Å². The van der Waals surface area contributed by atoms with Crippen molar-refractivity contribution in [3.8, 4) is 23.7 Å². The van der Waals surface area contributed by atoms with Gasteiger partial charge in [0.25, 0.3) is 5.92 Å². The molecular weight excluding hydrogens is 585 g/mol. The molecule has 3 aromatic heterocycles. The molecule has 0 unspecified atom stereocenters. The van der Waals surface area contributed by atoms with Gasteiger partial charge in [-0.1, -0.05) is 5.16 Å². The zero-order chi connectivity index (χ0) is 30.0. The first-order valence-electron chi connectivity index (χ1n) is 14.4. The third kappa shape index (κ3) is 4.77. The van der Waals surface area contributed by atoms with Gasteiger partial charge in [-0.15, -0.1) is 11.3 Å². The van der Waals surface area contributed by atoms with E-state index in [9.17, 15) is 18.4 Å². The molecule has 12 nitrogen and oxygen atoms in total. The highest BCUT2D eigenvalue weighted by Gasteiger charge is 2.50. The van der Waals surface area contributed by atoms with Gasteiger partial charge in [-0.05, 0) is 45.6 Å². The minimum Gasteiger partial charge on any atom is -0.461 e. The van der Waals surface area contributed by atoms with E-state index in [4.69, 9.17) is 15.0 Å². The smallest absolute Gasteiger partial charge is 0.321 e. The number of anilines is 2. The van der Waals surface area contributed by atoms with Crippen LogP contribution in [0, 0.1) is 11.3 Å². The maximum absolute atomic E-state index is 14.5. The SMILES string of the molecule is C[C@]1(c2nc(-c3nc(N[C@@H]4CNCC4(F)F)nc(OC[C@@]45CCCN4C[C@H](F)C5)n3)no2)CCCc2sc(N)c(C#N)c21. The summed E-state index contributed by atoms with van der Waals surface area (Å²) in [5.74, 6) is -2.90. The van der Waals surface area contributed by atoms with Gasteiger partial charge in [0, 0.05) is 30.0 Å². The predicted octanol–water partition coefficient (Wildman–Crippen LogP) is 3.05. The number of nitrogens with one attached hydrogen (secondary N) is 2. The van der Waals surface area contributed by atoms with Gasteiger partial charge in [-0.2, -0.15) is 25.2 Å². The number of aryl methyl sites for hydroxylation is 1. The quantitative estimate of drug-likeness (QED) is 0.356. The number of nitrogens with zero attached hydrogens (tertiary/aromatic N) is 7. The molecule has 1 aliphatic carbocycles. The van der Waals surface area contributed by atoms with Crippen LogP contribution in [0.25, 0.3) is 11.6 Å². The number of nitrogen functional groups attached to an aromatic ring is 1. The molecule has 3 fully saturated rings. The van der Waals surface area contributed by atoms with E-state index >= 15 is 0 Å². The van der Waals surface area contributed by atoms with Gasteiger partial charge in [0.15, 0.2) is 0 Å². The Balaban J connectivity index is 1.22. The lowest BCUT2D eigenvalue weighted by Gasteiger charge is -2.30. The van der Waals surface area contributed by atoms with Crippen LogP contribution in [-0.4, -0.2) is 86.5 Å². The highest BCUT2D eigenvalue weighted by Crippen LogP contribution is 2.48. The van der Waals surface area contributed by atoms with Crippen molar-refractivity contribution < 1.29 is 22.4 Å². The zero-order valence-electron chi connectivity index (χ0n) is 23.5. The number of hydrogen-bond acceptors (Lipinski definition) is 13. The number of aromatic nitrogens is 5. The Hall–Kier alpha value is -3.55. The van der Waals surface area contributed by atoms with Crippen LogP contribution in [-0.2, 0) is 11.8 Å². The summed E-state index contributed by atoms with van der Waals surface area (Å²) < 4.78 is 55.0. The van der Waals surface area contributed by atoms with E-state index in [1.807, 2.05) is 6.92 Å². The highest BCUT2D eigenvalue weighted by molar-refractivity contribution is 7.16. The van der Waals surface area contributed by atoms with Crippen LogP contribution in [0.4, 0.5) is 24.1 Å². The number of halogens is 3. The van der Waals surface area contributed by atoms with Crippen LogP contribution < -0.4 is 21.1 Å². The molecule has 4 N–H and O–H groups in total. The number of thiophene rings is 1. The topological polar surface area (TPSA) is 164 Å². The molecular formula is C27H31F3N10O2S. The first kappa shape index (κ1) is 28.2. The average molecular weight is 617 g/mol. The number of alkyl halides is 3. The van der Waals surface area contributed by atoms with E-state index < -0.39 is 35.6 Å². The van der Waals surface area contributed by atoms with Crippen LogP contribution in [0.2, 0.25) is 0 Å². The maximum atomic E-state index is 14.5. The summed E-state index contributed by atoms with van der Waals surface area (Å²) in [5.41, 5.74) is 6.14. The van der Waals surface area contributed by atoms with Crippen molar-refractivity contribution in [2.45, 2.75) is 74.5 Å². The molecule has 0 amide bonds. The third-order valence-electron chi connectivity index (χ3n) is 9.22. The largest absolute Gasteiger partial charge is 0.461 e. The fourth-order valence-corrected chi connectivity index (χ4v) is 8.24. The van der Waals surface area contributed by atoms with Crippen LogP contribution in [0.5, 0.6) is 6.01 Å². The first-order valence-corrected chi connectivity index (χ1v) is 15.2. The summed E-state index contributed by atoms with van der Waals surface area (Å²) in [4.78, 5) is 20.8. The molecule has 0 aromatic carbocycles. The Bertz CT molecular complexity index is 1590. The summed E-state index contributed by atoms with van der Waals surface area (Å²) in [6.07, 6.45) is 3.42. The van der Waals surface area contributed by atoms with Crippen molar-refractivity contribution in [2.75, 3.05) is 43.8 Å². The Labute approximate surface area is 249 Å². The van der Waals surface area contributed by atoms with E-state index in [1.54, 1.807) is 0 Å². The second-order valence-electron chi connectivity index (χ2n) is 12.1. The lowest BCUT2D eigenvalue weighted by Crippen LogP contribution is -2.43. The Morgan fingerprint density at radius 1 is 1.23 bits per heavy atom. The summed E-state index contributed by atoms with van der Waals surface area (Å²) >= 11 is 1.40. The summed E-state index contributed by atoms with van der Waals surface area (Å²) in [7, 11) is 0. The van der Waals surface area contributed by atoms with Gasteiger partial charge in [-0.3, -0.25) is 4.90 Å². The first-order chi connectivity index (χ1) is 20.6. The number of ether oxygens (including phenoxy) is 1. The Morgan fingerprint density at radius 2 is 2.09 bits per heavy atom. The fourth-order valence-electron chi connectivity index (χ4n) is 7.05. The van der Waals surface area contributed by atoms with Gasteiger partial charge in [0.05, 0.1) is 23.1 Å². The van der Waals surface area contributed by atoms with Crippen molar-refractivity contribution in [3.05, 3.63) is 21.9 Å². The molecule has 4 aliphatic rings. The molecule has 3 aliphatic heterocycles. The maximum Gasteiger partial charge on any atom is 0.321 e. The second-order valence-corrected chi connectivity index (χ2v) is 13.2. The van der Waals surface area contributed by atoms with E-state index in [0.717, 1.165) is 42.7 Å². The molecule has 16 heteroatoms. The highest BCUT2D eigenvalue weighted by atomic mass is 32.1. The number of hydrogen-bond donors (Lipinski definition) is 3. The van der Waals surface area contributed by atoms with E-state index in [-0.39, 0.29) is 42.6 Å². The summed E-state index contributed by atoms with van der Waals surface area (Å²) in [6, 6.07) is 0.857. The van der Waals surface area contributed by atoms with Gasteiger partial charge in [0.1, 0.15) is 29.9 Å². The number of nitrogens with two attached hydrogens (primary N) is 1. The lowest BCUT2D eigenvalue weighted by atomic mass is 9.72. The molecule has 228 valence electrons.